The molecule has 0 aromatic heterocycles. The van der Waals surface area contributed by atoms with Crippen LogP contribution in [0.15, 0.2) is 18.2 Å². The van der Waals surface area contributed by atoms with Crippen LogP contribution in [0.1, 0.15) is 17.3 Å². The first-order valence-corrected chi connectivity index (χ1v) is 7.79. The summed E-state index contributed by atoms with van der Waals surface area (Å²) in [6, 6.07) is 3.32. The summed E-state index contributed by atoms with van der Waals surface area (Å²) in [7, 11) is -2.04. The Balaban J connectivity index is 3.09. The van der Waals surface area contributed by atoms with Crippen LogP contribution < -0.4 is 10.5 Å². The van der Waals surface area contributed by atoms with Gasteiger partial charge in [0, 0.05) is 25.2 Å². The zero-order valence-electron chi connectivity index (χ0n) is 11.6. The van der Waals surface area contributed by atoms with Gasteiger partial charge in [-0.3, -0.25) is 9.52 Å². The third-order valence-electron chi connectivity index (χ3n) is 2.83. The highest BCUT2D eigenvalue weighted by atomic mass is 32.2. The summed E-state index contributed by atoms with van der Waals surface area (Å²) in [5, 5.41) is 0. The summed E-state index contributed by atoms with van der Waals surface area (Å²) in [6.07, 6.45) is 0.906. The number of amides is 1. The van der Waals surface area contributed by atoms with Crippen LogP contribution >= 0.6 is 0 Å². The minimum Gasteiger partial charge on any atom is -0.338 e. The van der Waals surface area contributed by atoms with Crippen molar-refractivity contribution in [2.75, 3.05) is 24.6 Å². The molecule has 1 aromatic rings. The number of rotatable bonds is 5. The van der Waals surface area contributed by atoms with Gasteiger partial charge >= 0.3 is 0 Å². The summed E-state index contributed by atoms with van der Waals surface area (Å²) >= 11 is 0. The SMILES string of the molecule is CC(CN)N(C)C(=O)c1ccc(F)c(NS(C)(=O)=O)c1. The number of nitrogens with two attached hydrogens (primary N) is 1. The molecule has 6 nitrogen and oxygen atoms in total. The number of anilines is 1. The number of benzene rings is 1. The molecular formula is C12H18FN3O3S. The van der Waals surface area contributed by atoms with Gasteiger partial charge in [0.05, 0.1) is 11.9 Å². The van der Waals surface area contributed by atoms with Crippen molar-refractivity contribution < 1.29 is 17.6 Å². The van der Waals surface area contributed by atoms with E-state index in [1.54, 1.807) is 14.0 Å². The molecule has 1 atom stereocenters. The Morgan fingerprint density at radius 3 is 2.60 bits per heavy atom. The van der Waals surface area contributed by atoms with Gasteiger partial charge in [0.25, 0.3) is 5.91 Å². The standard InChI is InChI=1S/C12H18FN3O3S/c1-8(7-14)16(2)12(17)9-4-5-10(13)11(6-9)15-20(3,18)19/h4-6,8,15H,7,14H2,1-3H3. The largest absolute Gasteiger partial charge is 0.338 e. The average Bonchev–Trinajstić information content (AvgIpc) is 2.37. The monoisotopic (exact) mass is 303 g/mol. The number of carbonyl (C=O) groups excluding carboxylic acids is 1. The fraction of sp³-hybridized carbons (Fsp3) is 0.417. The zero-order valence-corrected chi connectivity index (χ0v) is 12.4. The Morgan fingerprint density at radius 1 is 1.50 bits per heavy atom. The minimum atomic E-state index is -3.62. The third-order valence-corrected chi connectivity index (χ3v) is 3.42. The zero-order chi connectivity index (χ0) is 15.5. The van der Waals surface area contributed by atoms with Gasteiger partial charge in [0.1, 0.15) is 5.82 Å². The van der Waals surface area contributed by atoms with Crippen LogP contribution in [0, 0.1) is 5.82 Å². The summed E-state index contributed by atoms with van der Waals surface area (Å²) < 4.78 is 37.8. The second-order valence-electron chi connectivity index (χ2n) is 4.57. The summed E-state index contributed by atoms with van der Waals surface area (Å²) in [4.78, 5) is 13.6. The molecule has 0 aliphatic carbocycles. The molecule has 0 aliphatic heterocycles. The molecule has 1 unspecified atom stereocenters. The van der Waals surface area contributed by atoms with Crippen molar-refractivity contribution in [1.82, 2.24) is 4.90 Å². The molecule has 112 valence electrons. The number of halogens is 1. The van der Waals surface area contributed by atoms with Gasteiger partial charge < -0.3 is 10.6 Å². The van der Waals surface area contributed by atoms with Crippen molar-refractivity contribution in [3.63, 3.8) is 0 Å². The molecule has 20 heavy (non-hydrogen) atoms. The van der Waals surface area contributed by atoms with Crippen molar-refractivity contribution in [2.24, 2.45) is 5.73 Å². The molecule has 1 rings (SSSR count). The number of likely N-dealkylation sites (N-methyl/N-ethyl adjacent to an activating group) is 1. The van der Waals surface area contributed by atoms with Crippen LogP contribution in [0.2, 0.25) is 0 Å². The fourth-order valence-electron chi connectivity index (χ4n) is 1.50. The maximum absolute atomic E-state index is 13.5. The Hall–Kier alpha value is -1.67. The van der Waals surface area contributed by atoms with E-state index in [0.29, 0.717) is 0 Å². The highest BCUT2D eigenvalue weighted by molar-refractivity contribution is 7.92. The van der Waals surface area contributed by atoms with Crippen LogP contribution in [0.4, 0.5) is 10.1 Å². The molecular weight excluding hydrogens is 285 g/mol. The van der Waals surface area contributed by atoms with Crippen molar-refractivity contribution in [3.05, 3.63) is 29.6 Å². The lowest BCUT2D eigenvalue weighted by molar-refractivity contribution is 0.0748. The molecule has 0 saturated carbocycles. The molecule has 0 heterocycles. The topological polar surface area (TPSA) is 92.5 Å². The highest BCUT2D eigenvalue weighted by Gasteiger charge is 2.18. The van der Waals surface area contributed by atoms with Crippen molar-refractivity contribution in [2.45, 2.75) is 13.0 Å². The van der Waals surface area contributed by atoms with E-state index in [4.69, 9.17) is 5.73 Å². The number of carbonyl (C=O) groups is 1. The Labute approximate surface area is 117 Å². The number of hydrogen-bond acceptors (Lipinski definition) is 4. The Morgan fingerprint density at radius 2 is 2.10 bits per heavy atom. The van der Waals surface area contributed by atoms with Crippen LogP contribution in [0.5, 0.6) is 0 Å². The lowest BCUT2D eigenvalue weighted by Gasteiger charge is -2.23. The van der Waals surface area contributed by atoms with Gasteiger partial charge in [0.15, 0.2) is 0 Å². The molecule has 0 radical (unpaired) electrons. The molecule has 0 spiro atoms. The predicted molar refractivity (Wildman–Crippen MR) is 75.5 cm³/mol. The van der Waals surface area contributed by atoms with E-state index in [1.807, 2.05) is 4.72 Å². The first kappa shape index (κ1) is 16.4. The van der Waals surface area contributed by atoms with Crippen molar-refractivity contribution in [3.8, 4) is 0 Å². The minimum absolute atomic E-state index is 0.181. The number of nitrogens with one attached hydrogen (secondary N) is 1. The van der Waals surface area contributed by atoms with Crippen LogP contribution in [0.25, 0.3) is 0 Å². The van der Waals surface area contributed by atoms with E-state index in [9.17, 15) is 17.6 Å². The molecule has 0 bridgehead atoms. The maximum Gasteiger partial charge on any atom is 0.253 e. The van der Waals surface area contributed by atoms with Crippen molar-refractivity contribution in [1.29, 1.82) is 0 Å². The third kappa shape index (κ3) is 4.17. The average molecular weight is 303 g/mol. The van der Waals surface area contributed by atoms with Crippen LogP contribution in [-0.2, 0) is 10.0 Å². The first-order chi connectivity index (χ1) is 9.15. The lowest BCUT2D eigenvalue weighted by atomic mass is 10.1. The molecule has 0 fully saturated rings. The smallest absolute Gasteiger partial charge is 0.253 e. The molecule has 0 saturated heterocycles. The van der Waals surface area contributed by atoms with Gasteiger partial charge in [-0.1, -0.05) is 0 Å². The van der Waals surface area contributed by atoms with E-state index in [-0.39, 0.29) is 29.7 Å². The molecule has 0 aliphatic rings. The second kappa shape index (κ2) is 6.19. The van der Waals surface area contributed by atoms with E-state index >= 15 is 0 Å². The van der Waals surface area contributed by atoms with Crippen LogP contribution in [-0.4, -0.2) is 45.1 Å². The number of sulfonamides is 1. The van der Waals surface area contributed by atoms with E-state index < -0.39 is 15.8 Å². The number of nitrogens with zero attached hydrogens (tertiary/aromatic N) is 1. The Bertz CT molecular complexity index is 604. The maximum atomic E-state index is 13.5. The molecule has 8 heteroatoms. The van der Waals surface area contributed by atoms with Gasteiger partial charge in [-0.05, 0) is 25.1 Å². The Kier molecular flexibility index (Phi) is 5.07. The van der Waals surface area contributed by atoms with Gasteiger partial charge in [-0.15, -0.1) is 0 Å². The summed E-state index contributed by atoms with van der Waals surface area (Å²) in [5.74, 6) is -1.11. The second-order valence-corrected chi connectivity index (χ2v) is 6.32. The van der Waals surface area contributed by atoms with E-state index in [2.05, 4.69) is 0 Å². The molecule has 3 N–H and O–H groups in total. The highest BCUT2D eigenvalue weighted by Crippen LogP contribution is 2.18. The van der Waals surface area contributed by atoms with E-state index in [0.717, 1.165) is 12.3 Å². The summed E-state index contributed by atoms with van der Waals surface area (Å²) in [5.41, 5.74) is 5.40. The van der Waals surface area contributed by atoms with Gasteiger partial charge in [0.2, 0.25) is 10.0 Å². The first-order valence-electron chi connectivity index (χ1n) is 5.90. The van der Waals surface area contributed by atoms with E-state index in [1.165, 1.54) is 17.0 Å². The predicted octanol–water partition coefficient (Wildman–Crippen LogP) is 0.616. The quantitative estimate of drug-likeness (QED) is 0.834. The van der Waals surface area contributed by atoms with Crippen molar-refractivity contribution >= 4 is 21.6 Å². The molecule has 1 aromatic carbocycles. The van der Waals surface area contributed by atoms with Crippen LogP contribution in [0.3, 0.4) is 0 Å². The number of hydrogen-bond donors (Lipinski definition) is 2. The fourth-order valence-corrected chi connectivity index (χ4v) is 2.05. The lowest BCUT2D eigenvalue weighted by Crippen LogP contribution is -2.39. The van der Waals surface area contributed by atoms with Gasteiger partial charge in [-0.2, -0.15) is 0 Å². The normalized spacial score (nSPS) is 12.8. The van der Waals surface area contributed by atoms with Gasteiger partial charge in [-0.25, -0.2) is 12.8 Å². The summed E-state index contributed by atoms with van der Waals surface area (Å²) in [6.45, 7) is 2.06. The molecule has 1 amide bonds.